The van der Waals surface area contributed by atoms with Gasteiger partial charge >= 0.3 is 5.97 Å². The molecule has 2 heteroatoms. The number of hydrogen-bond acceptors (Lipinski definition) is 2. The Morgan fingerprint density at radius 2 is 2.09 bits per heavy atom. The summed E-state index contributed by atoms with van der Waals surface area (Å²) in [7, 11) is 0. The van der Waals surface area contributed by atoms with E-state index in [0.29, 0.717) is 23.3 Å². The Kier molecular flexibility index (Phi) is 5.19. The van der Waals surface area contributed by atoms with Crippen molar-refractivity contribution in [3.63, 3.8) is 0 Å². The van der Waals surface area contributed by atoms with E-state index in [1.54, 1.807) is 0 Å². The molecule has 22 heavy (non-hydrogen) atoms. The van der Waals surface area contributed by atoms with Gasteiger partial charge in [-0.15, -0.1) is 0 Å². The highest BCUT2D eigenvalue weighted by atomic mass is 16.5. The van der Waals surface area contributed by atoms with Crippen LogP contribution in [-0.2, 0) is 9.53 Å². The predicted octanol–water partition coefficient (Wildman–Crippen LogP) is 5.29. The minimum absolute atomic E-state index is 0.00560. The lowest BCUT2D eigenvalue weighted by atomic mass is 9.54. The summed E-state index contributed by atoms with van der Waals surface area (Å²) in [5.74, 6) is 1.15. The Morgan fingerprint density at radius 3 is 2.68 bits per heavy atom. The standard InChI is InChI=1S/C20H32O2/c1-7-14(4)19(21)22-18-16(13(2)3)10-12-20(6)11-8-9-15(5)17(18)20/h7,13,16-18H,5,8-12H2,1-4,6H3. The zero-order chi connectivity index (χ0) is 16.5. The third kappa shape index (κ3) is 3.16. The maximum atomic E-state index is 12.4. The van der Waals surface area contributed by atoms with Gasteiger partial charge in [0.25, 0.3) is 0 Å². The van der Waals surface area contributed by atoms with E-state index in [2.05, 4.69) is 27.4 Å². The summed E-state index contributed by atoms with van der Waals surface area (Å²) in [6.45, 7) is 15.0. The van der Waals surface area contributed by atoms with Crippen LogP contribution in [0.4, 0.5) is 0 Å². The molecule has 0 spiro atoms. The van der Waals surface area contributed by atoms with E-state index in [4.69, 9.17) is 4.74 Å². The molecule has 2 nitrogen and oxygen atoms in total. The lowest BCUT2D eigenvalue weighted by Gasteiger charge is -2.53. The van der Waals surface area contributed by atoms with Gasteiger partial charge in [-0.2, -0.15) is 0 Å². The van der Waals surface area contributed by atoms with E-state index in [9.17, 15) is 4.79 Å². The minimum Gasteiger partial charge on any atom is -0.458 e. The van der Waals surface area contributed by atoms with Crippen LogP contribution in [-0.4, -0.2) is 12.1 Å². The zero-order valence-corrected chi connectivity index (χ0v) is 14.9. The van der Waals surface area contributed by atoms with Gasteiger partial charge in [0.1, 0.15) is 6.10 Å². The summed E-state index contributed by atoms with van der Waals surface area (Å²) in [5.41, 5.74) is 2.27. The van der Waals surface area contributed by atoms with Gasteiger partial charge in [0.2, 0.25) is 0 Å². The lowest BCUT2D eigenvalue weighted by molar-refractivity contribution is -0.161. The van der Waals surface area contributed by atoms with Gasteiger partial charge in [-0.3, -0.25) is 0 Å². The quantitative estimate of drug-likeness (QED) is 0.402. The maximum Gasteiger partial charge on any atom is 0.333 e. The highest BCUT2D eigenvalue weighted by Gasteiger charge is 2.51. The summed E-state index contributed by atoms with van der Waals surface area (Å²) in [6.07, 6.45) is 7.77. The molecule has 124 valence electrons. The number of ether oxygens (including phenoxy) is 1. The van der Waals surface area contributed by atoms with Crippen LogP contribution in [0, 0.1) is 23.2 Å². The van der Waals surface area contributed by atoms with Crippen molar-refractivity contribution in [2.45, 2.75) is 72.8 Å². The van der Waals surface area contributed by atoms with Gasteiger partial charge in [0.15, 0.2) is 0 Å². The van der Waals surface area contributed by atoms with Crippen molar-refractivity contribution in [3.05, 3.63) is 23.8 Å². The molecule has 2 aliphatic carbocycles. The largest absolute Gasteiger partial charge is 0.458 e. The second-order valence-corrected chi connectivity index (χ2v) is 7.93. The molecule has 4 unspecified atom stereocenters. The number of esters is 1. The summed E-state index contributed by atoms with van der Waals surface area (Å²) in [5, 5.41) is 0. The van der Waals surface area contributed by atoms with Crippen molar-refractivity contribution in [2.24, 2.45) is 23.2 Å². The van der Waals surface area contributed by atoms with Crippen molar-refractivity contribution in [1.29, 1.82) is 0 Å². The first kappa shape index (κ1) is 17.3. The Labute approximate surface area is 136 Å². The second-order valence-electron chi connectivity index (χ2n) is 7.93. The molecule has 0 radical (unpaired) electrons. The van der Waals surface area contributed by atoms with Crippen LogP contribution in [0.1, 0.15) is 66.7 Å². The average molecular weight is 304 g/mol. The van der Waals surface area contributed by atoms with E-state index >= 15 is 0 Å². The molecule has 0 N–H and O–H groups in total. The Hall–Kier alpha value is -1.05. The highest BCUT2D eigenvalue weighted by molar-refractivity contribution is 5.87. The zero-order valence-electron chi connectivity index (χ0n) is 14.9. The maximum absolute atomic E-state index is 12.4. The van der Waals surface area contributed by atoms with Gasteiger partial charge in [0.05, 0.1) is 0 Å². The van der Waals surface area contributed by atoms with Crippen LogP contribution < -0.4 is 0 Å². The molecule has 0 heterocycles. The monoisotopic (exact) mass is 304 g/mol. The predicted molar refractivity (Wildman–Crippen MR) is 91.5 cm³/mol. The number of carbonyl (C=O) groups excluding carboxylic acids is 1. The molecule has 2 saturated carbocycles. The molecule has 0 aliphatic heterocycles. The molecule has 0 bridgehead atoms. The summed E-state index contributed by atoms with van der Waals surface area (Å²) in [4.78, 5) is 12.4. The Balaban J connectivity index is 2.32. The summed E-state index contributed by atoms with van der Waals surface area (Å²) < 4.78 is 6.05. The van der Waals surface area contributed by atoms with E-state index < -0.39 is 0 Å². The van der Waals surface area contributed by atoms with Gasteiger partial charge in [-0.1, -0.05) is 39.0 Å². The highest BCUT2D eigenvalue weighted by Crippen LogP contribution is 2.55. The smallest absolute Gasteiger partial charge is 0.333 e. The van der Waals surface area contributed by atoms with Crippen molar-refractivity contribution < 1.29 is 9.53 Å². The van der Waals surface area contributed by atoms with Gasteiger partial charge < -0.3 is 4.74 Å². The summed E-state index contributed by atoms with van der Waals surface area (Å²) in [6, 6.07) is 0. The number of allylic oxidation sites excluding steroid dienone is 1. The van der Waals surface area contributed by atoms with E-state index in [1.165, 1.54) is 24.8 Å². The normalized spacial score (nSPS) is 36.2. The third-order valence-corrected chi connectivity index (χ3v) is 6.09. The topological polar surface area (TPSA) is 26.3 Å². The number of rotatable bonds is 3. The first-order chi connectivity index (χ1) is 10.3. The average Bonchev–Trinajstić information content (AvgIpc) is 2.45. The molecule has 2 aliphatic rings. The van der Waals surface area contributed by atoms with Crippen molar-refractivity contribution in [1.82, 2.24) is 0 Å². The fourth-order valence-electron chi connectivity index (χ4n) is 4.54. The lowest BCUT2D eigenvalue weighted by Crippen LogP contribution is -2.51. The van der Waals surface area contributed by atoms with Gasteiger partial charge in [-0.25, -0.2) is 4.79 Å². The molecule has 0 aromatic carbocycles. The Morgan fingerprint density at radius 1 is 1.41 bits per heavy atom. The van der Waals surface area contributed by atoms with Gasteiger partial charge in [0, 0.05) is 11.5 Å². The van der Waals surface area contributed by atoms with Crippen LogP contribution in [0.25, 0.3) is 0 Å². The first-order valence-electron chi connectivity index (χ1n) is 8.81. The number of fused-ring (bicyclic) bond motifs is 1. The minimum atomic E-state index is -0.152. The van der Waals surface area contributed by atoms with Crippen molar-refractivity contribution in [3.8, 4) is 0 Å². The molecule has 4 atom stereocenters. The van der Waals surface area contributed by atoms with E-state index in [-0.39, 0.29) is 17.5 Å². The van der Waals surface area contributed by atoms with Crippen molar-refractivity contribution in [2.75, 3.05) is 0 Å². The van der Waals surface area contributed by atoms with Gasteiger partial charge in [-0.05, 0) is 63.2 Å². The van der Waals surface area contributed by atoms with Crippen LogP contribution in [0.15, 0.2) is 23.8 Å². The van der Waals surface area contributed by atoms with E-state index in [1.807, 2.05) is 19.9 Å². The second kappa shape index (κ2) is 6.60. The van der Waals surface area contributed by atoms with Crippen LogP contribution in [0.3, 0.4) is 0 Å². The molecular formula is C20H32O2. The van der Waals surface area contributed by atoms with Crippen molar-refractivity contribution >= 4 is 5.97 Å². The number of carbonyl (C=O) groups is 1. The van der Waals surface area contributed by atoms with Crippen LogP contribution >= 0.6 is 0 Å². The molecule has 0 aromatic heterocycles. The van der Waals surface area contributed by atoms with Crippen LogP contribution in [0.2, 0.25) is 0 Å². The van der Waals surface area contributed by atoms with E-state index in [0.717, 1.165) is 12.8 Å². The first-order valence-corrected chi connectivity index (χ1v) is 8.81. The molecular weight excluding hydrogens is 272 g/mol. The van der Waals surface area contributed by atoms with Crippen LogP contribution in [0.5, 0.6) is 0 Å². The Bertz CT molecular complexity index is 474. The molecule has 0 amide bonds. The number of hydrogen-bond donors (Lipinski definition) is 0. The fourth-order valence-corrected chi connectivity index (χ4v) is 4.54. The molecule has 0 aromatic rings. The molecule has 0 saturated heterocycles. The fraction of sp³-hybridized carbons (Fsp3) is 0.750. The molecule has 2 fully saturated rings. The molecule has 2 rings (SSSR count). The SMILES string of the molecule is C=C1CCCC2(C)CCC(C(C)C)C(OC(=O)C(C)=CC)C12. The third-order valence-electron chi connectivity index (χ3n) is 6.09. The summed E-state index contributed by atoms with van der Waals surface area (Å²) >= 11 is 0.